The predicted molar refractivity (Wildman–Crippen MR) is 90.0 cm³/mol. The number of para-hydroxylation sites is 2. The molecule has 2 aromatic rings. The van der Waals surface area contributed by atoms with Crippen molar-refractivity contribution in [2.75, 3.05) is 19.6 Å². The number of H-pyrrole nitrogens is 1. The Morgan fingerprint density at radius 1 is 1.13 bits per heavy atom. The van der Waals surface area contributed by atoms with Crippen molar-refractivity contribution in [2.45, 2.75) is 44.7 Å². The maximum atomic E-state index is 12.0. The fraction of sp³-hybridized carbons (Fsp3) is 0.556. The number of hydrogen-bond donors (Lipinski definition) is 1. The van der Waals surface area contributed by atoms with E-state index in [-0.39, 0.29) is 0 Å². The number of rotatable bonds is 3. The number of nitrogens with one attached hydrogen (secondary N) is 1. The Hall–Kier alpha value is -1.88. The SMILES string of the molecule is O=C1CCCN1C1CCCN(Cc2nc3ccccc3[nH]2)CC1. The molecule has 4 rings (SSSR count). The van der Waals surface area contributed by atoms with Gasteiger partial charge in [-0.3, -0.25) is 9.69 Å². The molecule has 2 saturated heterocycles. The zero-order valence-electron chi connectivity index (χ0n) is 13.5. The van der Waals surface area contributed by atoms with E-state index in [4.69, 9.17) is 0 Å². The number of likely N-dealkylation sites (tertiary alicyclic amines) is 2. The third kappa shape index (κ3) is 3.11. The smallest absolute Gasteiger partial charge is 0.222 e. The second-order valence-electron chi connectivity index (χ2n) is 6.75. The van der Waals surface area contributed by atoms with Gasteiger partial charge >= 0.3 is 0 Å². The van der Waals surface area contributed by atoms with Gasteiger partial charge in [-0.25, -0.2) is 4.98 Å². The van der Waals surface area contributed by atoms with Crippen molar-refractivity contribution in [2.24, 2.45) is 0 Å². The fourth-order valence-corrected chi connectivity index (χ4v) is 3.96. The standard InChI is InChI=1S/C18H24N4O/c23-18-8-4-11-22(18)14-5-3-10-21(12-9-14)13-17-19-15-6-1-2-7-16(15)20-17/h1-2,6-7,14H,3-5,8-13H2,(H,19,20). The van der Waals surface area contributed by atoms with E-state index in [1.807, 2.05) is 18.2 Å². The van der Waals surface area contributed by atoms with E-state index in [0.717, 1.165) is 75.1 Å². The lowest BCUT2D eigenvalue weighted by Gasteiger charge is -2.26. The molecule has 3 heterocycles. The van der Waals surface area contributed by atoms with Gasteiger partial charge in [-0.1, -0.05) is 12.1 Å². The second kappa shape index (κ2) is 6.32. The lowest BCUT2D eigenvalue weighted by molar-refractivity contribution is -0.129. The largest absolute Gasteiger partial charge is 0.341 e. The van der Waals surface area contributed by atoms with Gasteiger partial charge < -0.3 is 9.88 Å². The summed E-state index contributed by atoms with van der Waals surface area (Å²) < 4.78 is 0. The first-order valence-corrected chi connectivity index (χ1v) is 8.75. The van der Waals surface area contributed by atoms with Crippen LogP contribution in [-0.2, 0) is 11.3 Å². The molecule has 1 amide bonds. The van der Waals surface area contributed by atoms with E-state index in [1.54, 1.807) is 0 Å². The minimum Gasteiger partial charge on any atom is -0.341 e. The minimum atomic E-state index is 0.362. The van der Waals surface area contributed by atoms with E-state index in [9.17, 15) is 4.79 Å². The molecule has 1 aromatic heterocycles. The highest BCUT2D eigenvalue weighted by molar-refractivity contribution is 5.78. The van der Waals surface area contributed by atoms with Gasteiger partial charge in [-0.15, -0.1) is 0 Å². The Balaban J connectivity index is 1.39. The Labute approximate surface area is 136 Å². The number of benzene rings is 1. The maximum Gasteiger partial charge on any atom is 0.222 e. The van der Waals surface area contributed by atoms with Crippen molar-refractivity contribution in [3.05, 3.63) is 30.1 Å². The second-order valence-corrected chi connectivity index (χ2v) is 6.75. The lowest BCUT2D eigenvalue weighted by atomic mass is 10.1. The summed E-state index contributed by atoms with van der Waals surface area (Å²) in [5, 5.41) is 0. The number of imidazole rings is 1. The number of nitrogens with zero attached hydrogens (tertiary/aromatic N) is 3. The maximum absolute atomic E-state index is 12.0. The van der Waals surface area contributed by atoms with Crippen LogP contribution in [-0.4, -0.2) is 51.4 Å². The van der Waals surface area contributed by atoms with Gasteiger partial charge in [0.1, 0.15) is 5.82 Å². The van der Waals surface area contributed by atoms with Crippen LogP contribution in [0.3, 0.4) is 0 Å². The summed E-state index contributed by atoms with van der Waals surface area (Å²) in [6.45, 7) is 3.98. The van der Waals surface area contributed by atoms with Gasteiger partial charge in [0.25, 0.3) is 0 Å². The molecule has 5 nitrogen and oxygen atoms in total. The third-order valence-electron chi connectivity index (χ3n) is 5.15. The first kappa shape index (κ1) is 14.7. The molecule has 0 saturated carbocycles. The zero-order valence-corrected chi connectivity index (χ0v) is 13.5. The topological polar surface area (TPSA) is 52.2 Å². The van der Waals surface area contributed by atoms with Crippen LogP contribution >= 0.6 is 0 Å². The minimum absolute atomic E-state index is 0.362. The van der Waals surface area contributed by atoms with Gasteiger partial charge in [0.15, 0.2) is 0 Å². The molecule has 1 unspecified atom stereocenters. The molecular weight excluding hydrogens is 288 g/mol. The average molecular weight is 312 g/mol. The molecule has 1 aromatic carbocycles. The Bertz CT molecular complexity index is 662. The molecule has 0 radical (unpaired) electrons. The Morgan fingerprint density at radius 2 is 2.04 bits per heavy atom. The number of aromatic nitrogens is 2. The summed E-state index contributed by atoms with van der Waals surface area (Å²) in [5.74, 6) is 1.41. The van der Waals surface area contributed by atoms with Crippen LogP contribution in [0.4, 0.5) is 0 Å². The van der Waals surface area contributed by atoms with Crippen LogP contribution in [0.5, 0.6) is 0 Å². The summed E-state index contributed by atoms with van der Waals surface area (Å²) in [7, 11) is 0. The highest BCUT2D eigenvalue weighted by atomic mass is 16.2. The summed E-state index contributed by atoms with van der Waals surface area (Å²) >= 11 is 0. The van der Waals surface area contributed by atoms with Gasteiger partial charge in [0.2, 0.25) is 5.91 Å². The molecule has 23 heavy (non-hydrogen) atoms. The summed E-state index contributed by atoms with van der Waals surface area (Å²) in [6, 6.07) is 8.63. The summed E-state index contributed by atoms with van der Waals surface area (Å²) in [4.78, 5) is 24.7. The van der Waals surface area contributed by atoms with Crippen molar-refractivity contribution in [3.63, 3.8) is 0 Å². The molecular formula is C18H24N4O. The van der Waals surface area contributed by atoms with E-state index in [1.165, 1.54) is 0 Å². The molecule has 1 atom stereocenters. The highest BCUT2D eigenvalue weighted by Gasteiger charge is 2.29. The first-order chi connectivity index (χ1) is 11.3. The van der Waals surface area contributed by atoms with Crippen molar-refractivity contribution in [1.82, 2.24) is 19.8 Å². The molecule has 2 aliphatic rings. The average Bonchev–Trinajstić information content (AvgIpc) is 3.08. The fourth-order valence-electron chi connectivity index (χ4n) is 3.96. The predicted octanol–water partition coefficient (Wildman–Crippen LogP) is 2.54. The van der Waals surface area contributed by atoms with Crippen LogP contribution in [0.1, 0.15) is 37.9 Å². The molecule has 122 valence electrons. The van der Waals surface area contributed by atoms with Crippen LogP contribution in [0.15, 0.2) is 24.3 Å². The van der Waals surface area contributed by atoms with Crippen molar-refractivity contribution in [1.29, 1.82) is 0 Å². The van der Waals surface area contributed by atoms with Crippen molar-refractivity contribution >= 4 is 16.9 Å². The molecule has 5 heteroatoms. The normalized spacial score (nSPS) is 23.6. The number of hydrogen-bond acceptors (Lipinski definition) is 3. The van der Waals surface area contributed by atoms with E-state index in [0.29, 0.717) is 11.9 Å². The Kier molecular flexibility index (Phi) is 4.04. The van der Waals surface area contributed by atoms with E-state index >= 15 is 0 Å². The quantitative estimate of drug-likeness (QED) is 0.947. The molecule has 0 aliphatic carbocycles. The van der Waals surface area contributed by atoms with Crippen LogP contribution in [0.25, 0.3) is 11.0 Å². The molecule has 2 aliphatic heterocycles. The number of fused-ring (bicyclic) bond motifs is 1. The van der Waals surface area contributed by atoms with Crippen LogP contribution < -0.4 is 0 Å². The van der Waals surface area contributed by atoms with Crippen LogP contribution in [0, 0.1) is 0 Å². The summed E-state index contributed by atoms with van der Waals surface area (Å²) in [5.41, 5.74) is 2.15. The molecule has 1 N–H and O–H groups in total. The summed E-state index contributed by atoms with van der Waals surface area (Å²) in [6.07, 6.45) is 5.18. The molecule has 0 bridgehead atoms. The number of carbonyl (C=O) groups excluding carboxylic acids is 1. The molecule has 2 fully saturated rings. The zero-order chi connectivity index (χ0) is 15.6. The number of aromatic amines is 1. The number of carbonyl (C=O) groups is 1. The number of amides is 1. The van der Waals surface area contributed by atoms with Gasteiger partial charge in [-0.05, 0) is 44.4 Å². The van der Waals surface area contributed by atoms with Crippen LogP contribution in [0.2, 0.25) is 0 Å². The lowest BCUT2D eigenvalue weighted by Crippen LogP contribution is -2.37. The third-order valence-corrected chi connectivity index (χ3v) is 5.15. The van der Waals surface area contributed by atoms with Gasteiger partial charge in [-0.2, -0.15) is 0 Å². The Morgan fingerprint density at radius 3 is 2.87 bits per heavy atom. The van der Waals surface area contributed by atoms with Gasteiger partial charge in [0, 0.05) is 25.6 Å². The molecule has 0 spiro atoms. The van der Waals surface area contributed by atoms with Crippen molar-refractivity contribution < 1.29 is 4.79 Å². The highest BCUT2D eigenvalue weighted by Crippen LogP contribution is 2.23. The van der Waals surface area contributed by atoms with E-state index in [2.05, 4.69) is 25.8 Å². The van der Waals surface area contributed by atoms with Crippen molar-refractivity contribution in [3.8, 4) is 0 Å². The van der Waals surface area contributed by atoms with Gasteiger partial charge in [0.05, 0.1) is 17.6 Å². The first-order valence-electron chi connectivity index (χ1n) is 8.75. The monoisotopic (exact) mass is 312 g/mol. The van der Waals surface area contributed by atoms with E-state index < -0.39 is 0 Å².